The van der Waals surface area contributed by atoms with Crippen molar-refractivity contribution in [2.24, 2.45) is 5.92 Å². The highest BCUT2D eigenvalue weighted by molar-refractivity contribution is 9.09. The van der Waals surface area contributed by atoms with Crippen LogP contribution < -0.4 is 4.72 Å². The lowest BCUT2D eigenvalue weighted by atomic mass is 10.3. The predicted octanol–water partition coefficient (Wildman–Crippen LogP) is 1.49. The van der Waals surface area contributed by atoms with Gasteiger partial charge in [0.2, 0.25) is 10.0 Å². The normalized spacial score (nSPS) is 17.6. The van der Waals surface area contributed by atoms with E-state index in [1.165, 1.54) is 0 Å². The Kier molecular flexibility index (Phi) is 4.69. The van der Waals surface area contributed by atoms with E-state index in [1.807, 2.05) is 0 Å². The highest BCUT2D eigenvalue weighted by Gasteiger charge is 2.27. The lowest BCUT2D eigenvalue weighted by molar-refractivity contribution is 0.575. The van der Waals surface area contributed by atoms with E-state index < -0.39 is 10.0 Å². The second-order valence-corrected chi connectivity index (χ2v) is 6.16. The zero-order chi connectivity index (χ0) is 9.73. The van der Waals surface area contributed by atoms with E-state index in [0.717, 1.165) is 31.0 Å². The summed E-state index contributed by atoms with van der Waals surface area (Å²) in [6, 6.07) is 0. The summed E-state index contributed by atoms with van der Waals surface area (Å²) in [6.45, 7) is 0.584. The second-order valence-electron chi connectivity index (χ2n) is 3.52. The topological polar surface area (TPSA) is 46.2 Å². The van der Waals surface area contributed by atoms with Crippen LogP contribution in [0.2, 0.25) is 0 Å². The summed E-state index contributed by atoms with van der Waals surface area (Å²) < 4.78 is 25.3. The minimum atomic E-state index is -2.96. The van der Waals surface area contributed by atoms with Crippen molar-refractivity contribution in [3.05, 3.63) is 0 Å². The number of halogens is 1. The number of unbranched alkanes of at least 4 members (excludes halogenated alkanes) is 1. The van der Waals surface area contributed by atoms with Crippen molar-refractivity contribution in [2.45, 2.75) is 25.7 Å². The first kappa shape index (κ1) is 11.5. The van der Waals surface area contributed by atoms with Crippen molar-refractivity contribution < 1.29 is 8.42 Å². The largest absolute Gasteiger partial charge is 0.215 e. The molecule has 78 valence electrons. The number of nitrogens with one attached hydrogen (secondary N) is 1. The van der Waals surface area contributed by atoms with Crippen LogP contribution in [-0.2, 0) is 10.0 Å². The number of hydrogen-bond acceptors (Lipinski definition) is 2. The Bertz CT molecular complexity index is 237. The van der Waals surface area contributed by atoms with Crippen LogP contribution in [-0.4, -0.2) is 26.0 Å². The molecular formula is C8H16BrNO2S. The molecule has 0 aromatic heterocycles. The summed E-state index contributed by atoms with van der Waals surface area (Å²) >= 11 is 3.30. The fourth-order valence-electron chi connectivity index (χ4n) is 1.10. The summed E-state index contributed by atoms with van der Waals surface area (Å²) in [5, 5.41) is 0.942. The van der Waals surface area contributed by atoms with Crippen LogP contribution >= 0.6 is 15.9 Å². The lowest BCUT2D eigenvalue weighted by Crippen LogP contribution is -2.28. The van der Waals surface area contributed by atoms with Crippen LogP contribution in [0.15, 0.2) is 0 Å². The molecule has 1 aliphatic carbocycles. The van der Waals surface area contributed by atoms with Gasteiger partial charge in [-0.05, 0) is 31.6 Å². The molecule has 0 radical (unpaired) electrons. The maximum absolute atomic E-state index is 11.3. The van der Waals surface area contributed by atoms with Crippen LogP contribution in [0.3, 0.4) is 0 Å². The van der Waals surface area contributed by atoms with E-state index in [4.69, 9.17) is 0 Å². The summed E-state index contributed by atoms with van der Waals surface area (Å²) in [7, 11) is -2.96. The maximum atomic E-state index is 11.3. The Morgan fingerprint density at radius 3 is 2.54 bits per heavy atom. The van der Waals surface area contributed by atoms with Crippen molar-refractivity contribution in [2.75, 3.05) is 17.6 Å². The zero-order valence-electron chi connectivity index (χ0n) is 7.63. The van der Waals surface area contributed by atoms with E-state index in [9.17, 15) is 8.42 Å². The third-order valence-electron chi connectivity index (χ3n) is 2.03. The summed E-state index contributed by atoms with van der Waals surface area (Å²) in [6.07, 6.45) is 4.10. The van der Waals surface area contributed by atoms with Crippen LogP contribution in [0.25, 0.3) is 0 Å². The van der Waals surface area contributed by atoms with E-state index in [2.05, 4.69) is 20.7 Å². The minimum absolute atomic E-state index is 0.335. The van der Waals surface area contributed by atoms with Crippen molar-refractivity contribution in [1.82, 2.24) is 4.72 Å². The van der Waals surface area contributed by atoms with Gasteiger partial charge in [-0.25, -0.2) is 13.1 Å². The molecule has 3 nitrogen and oxygen atoms in total. The second kappa shape index (κ2) is 5.32. The number of sulfonamides is 1. The molecule has 0 saturated heterocycles. The highest BCUT2D eigenvalue weighted by atomic mass is 79.9. The molecule has 0 aromatic rings. The van der Waals surface area contributed by atoms with Gasteiger partial charge in [0, 0.05) is 11.9 Å². The molecule has 1 aliphatic rings. The maximum Gasteiger partial charge on any atom is 0.211 e. The Hall–Kier alpha value is 0.390. The molecule has 0 aromatic carbocycles. The molecule has 5 heteroatoms. The number of rotatable bonds is 7. The van der Waals surface area contributed by atoms with Crippen molar-refractivity contribution in [3.63, 3.8) is 0 Å². The first-order valence-corrected chi connectivity index (χ1v) is 7.45. The van der Waals surface area contributed by atoms with Crippen LogP contribution in [0, 0.1) is 5.92 Å². The van der Waals surface area contributed by atoms with Gasteiger partial charge in [-0.2, -0.15) is 0 Å². The molecule has 0 bridgehead atoms. The third-order valence-corrected chi connectivity index (χ3v) is 4.15. The minimum Gasteiger partial charge on any atom is -0.215 e. The highest BCUT2D eigenvalue weighted by Crippen LogP contribution is 2.29. The first-order chi connectivity index (χ1) is 6.14. The number of hydrogen-bond donors (Lipinski definition) is 1. The van der Waals surface area contributed by atoms with Gasteiger partial charge in [0.05, 0.1) is 5.75 Å². The van der Waals surface area contributed by atoms with E-state index in [0.29, 0.717) is 18.2 Å². The predicted molar refractivity (Wildman–Crippen MR) is 57.5 cm³/mol. The monoisotopic (exact) mass is 269 g/mol. The molecule has 0 unspecified atom stereocenters. The molecule has 0 aliphatic heterocycles. The first-order valence-electron chi connectivity index (χ1n) is 4.67. The number of alkyl halides is 1. The van der Waals surface area contributed by atoms with Gasteiger partial charge < -0.3 is 0 Å². The molecule has 0 spiro atoms. The fourth-order valence-corrected chi connectivity index (χ4v) is 3.02. The standard InChI is InChI=1S/C8H16BrNO2S/c9-5-1-2-6-10-13(11,12)7-8-3-4-8/h8,10H,1-7H2. The summed E-state index contributed by atoms with van der Waals surface area (Å²) in [5.74, 6) is 0.773. The molecule has 0 amide bonds. The third kappa shape index (κ3) is 5.65. The molecule has 0 heterocycles. The van der Waals surface area contributed by atoms with Gasteiger partial charge in [0.15, 0.2) is 0 Å². The van der Waals surface area contributed by atoms with Gasteiger partial charge >= 0.3 is 0 Å². The molecular weight excluding hydrogens is 254 g/mol. The van der Waals surface area contributed by atoms with Gasteiger partial charge in [0.25, 0.3) is 0 Å². The molecule has 1 fully saturated rings. The smallest absolute Gasteiger partial charge is 0.211 e. The molecule has 0 atom stereocenters. The molecule has 1 N–H and O–H groups in total. The van der Waals surface area contributed by atoms with Gasteiger partial charge in [-0.15, -0.1) is 0 Å². The summed E-state index contributed by atoms with van der Waals surface area (Å²) in [4.78, 5) is 0. The zero-order valence-corrected chi connectivity index (χ0v) is 10.0. The van der Waals surface area contributed by atoms with Crippen LogP contribution in [0.1, 0.15) is 25.7 Å². The van der Waals surface area contributed by atoms with Crippen molar-refractivity contribution in [3.8, 4) is 0 Å². The Morgan fingerprint density at radius 2 is 2.00 bits per heavy atom. The lowest BCUT2D eigenvalue weighted by Gasteiger charge is -2.04. The van der Waals surface area contributed by atoms with Crippen LogP contribution in [0.5, 0.6) is 0 Å². The van der Waals surface area contributed by atoms with E-state index >= 15 is 0 Å². The van der Waals surface area contributed by atoms with E-state index in [-0.39, 0.29) is 0 Å². The quantitative estimate of drug-likeness (QED) is 0.563. The Morgan fingerprint density at radius 1 is 1.31 bits per heavy atom. The van der Waals surface area contributed by atoms with Crippen molar-refractivity contribution in [1.29, 1.82) is 0 Å². The van der Waals surface area contributed by atoms with Crippen LogP contribution in [0.4, 0.5) is 0 Å². The molecule has 1 rings (SSSR count). The van der Waals surface area contributed by atoms with Crippen molar-refractivity contribution >= 4 is 26.0 Å². The van der Waals surface area contributed by atoms with E-state index in [1.54, 1.807) is 0 Å². The van der Waals surface area contributed by atoms with Gasteiger partial charge in [-0.1, -0.05) is 15.9 Å². The Balaban J connectivity index is 2.10. The average molecular weight is 270 g/mol. The van der Waals surface area contributed by atoms with Gasteiger partial charge in [-0.3, -0.25) is 0 Å². The summed E-state index contributed by atoms with van der Waals surface area (Å²) in [5.41, 5.74) is 0. The van der Waals surface area contributed by atoms with Gasteiger partial charge in [0.1, 0.15) is 0 Å². The Labute approximate surface area is 88.5 Å². The average Bonchev–Trinajstić information content (AvgIpc) is 2.81. The SMILES string of the molecule is O=S(=O)(CC1CC1)NCCCCBr. The molecule has 1 saturated carbocycles. The molecule has 13 heavy (non-hydrogen) atoms. The fraction of sp³-hybridized carbons (Fsp3) is 1.00.